The number of rotatable bonds is 4. The van der Waals surface area contributed by atoms with Crippen molar-refractivity contribution in [3.8, 4) is 0 Å². The largest absolute Gasteiger partial charge is 0.316 e. The molecule has 1 aliphatic heterocycles. The average molecular weight is 292 g/mol. The number of carbonyl (C=O) groups is 1. The van der Waals surface area contributed by atoms with Crippen LogP contribution in [0.2, 0.25) is 0 Å². The highest BCUT2D eigenvalue weighted by molar-refractivity contribution is 5.97. The first kappa shape index (κ1) is 16.0. The number of halogens is 1. The number of nitrogens with one attached hydrogen (secondary N) is 1. The third-order valence-corrected chi connectivity index (χ3v) is 4.57. The zero-order chi connectivity index (χ0) is 15.5. The van der Waals surface area contributed by atoms with Gasteiger partial charge in [-0.2, -0.15) is 0 Å². The molecule has 0 aliphatic carbocycles. The molecule has 4 heteroatoms. The van der Waals surface area contributed by atoms with Crippen LogP contribution in [0.25, 0.3) is 0 Å². The van der Waals surface area contributed by atoms with Crippen molar-refractivity contribution in [2.45, 2.75) is 33.6 Å². The molecule has 1 atom stereocenters. The summed E-state index contributed by atoms with van der Waals surface area (Å²) in [7, 11) is 0. The molecule has 1 fully saturated rings. The Hall–Kier alpha value is -1.42. The number of anilines is 1. The Kier molecular flexibility index (Phi) is 4.99. The smallest absolute Gasteiger partial charge is 0.233 e. The first-order valence-corrected chi connectivity index (χ1v) is 7.75. The quantitative estimate of drug-likeness (QED) is 0.924. The summed E-state index contributed by atoms with van der Waals surface area (Å²) in [5.74, 6) is -0.0476. The number of carbonyl (C=O) groups excluding carboxylic acids is 1. The Labute approximate surface area is 126 Å². The fourth-order valence-electron chi connectivity index (χ4n) is 3.08. The van der Waals surface area contributed by atoms with Crippen LogP contribution in [0, 0.1) is 17.2 Å². The molecule has 0 spiro atoms. The van der Waals surface area contributed by atoms with Gasteiger partial charge in [0, 0.05) is 12.0 Å². The summed E-state index contributed by atoms with van der Waals surface area (Å²) in [6, 6.07) is 6.49. The van der Waals surface area contributed by atoms with Crippen molar-refractivity contribution in [1.29, 1.82) is 0 Å². The van der Waals surface area contributed by atoms with Crippen molar-refractivity contribution in [3.05, 3.63) is 30.1 Å². The highest BCUT2D eigenvalue weighted by atomic mass is 19.1. The van der Waals surface area contributed by atoms with E-state index in [1.165, 1.54) is 6.07 Å². The molecule has 1 aliphatic rings. The SMILES string of the molecule is CCN(C(=O)C(C)(C)C1CCCNC1)c1ccccc1F. The van der Waals surface area contributed by atoms with Crippen LogP contribution < -0.4 is 10.2 Å². The Morgan fingerprint density at radius 1 is 1.43 bits per heavy atom. The molecule has 1 aromatic carbocycles. The molecular weight excluding hydrogens is 267 g/mol. The summed E-state index contributed by atoms with van der Waals surface area (Å²) in [6.07, 6.45) is 2.13. The Morgan fingerprint density at radius 3 is 2.71 bits per heavy atom. The van der Waals surface area contributed by atoms with Crippen molar-refractivity contribution in [2.75, 3.05) is 24.5 Å². The molecule has 3 nitrogen and oxygen atoms in total. The van der Waals surface area contributed by atoms with Crippen molar-refractivity contribution in [1.82, 2.24) is 5.32 Å². The second kappa shape index (κ2) is 6.56. The predicted octanol–water partition coefficient (Wildman–Crippen LogP) is 3.20. The number of hydrogen-bond donors (Lipinski definition) is 1. The molecule has 1 amide bonds. The van der Waals surface area contributed by atoms with Gasteiger partial charge >= 0.3 is 0 Å². The topological polar surface area (TPSA) is 32.3 Å². The van der Waals surface area contributed by atoms with E-state index < -0.39 is 5.41 Å². The maximum Gasteiger partial charge on any atom is 0.233 e. The summed E-state index contributed by atoms with van der Waals surface area (Å²) in [5, 5.41) is 3.36. The Balaban J connectivity index is 2.25. The summed E-state index contributed by atoms with van der Waals surface area (Å²) in [5.41, 5.74) is -0.118. The molecular formula is C17H25FN2O. The van der Waals surface area contributed by atoms with Crippen LogP contribution in [0.1, 0.15) is 33.6 Å². The van der Waals surface area contributed by atoms with Gasteiger partial charge in [0.05, 0.1) is 5.69 Å². The highest BCUT2D eigenvalue weighted by Crippen LogP contribution is 2.35. The molecule has 1 heterocycles. The molecule has 2 rings (SSSR count). The molecule has 0 aromatic heterocycles. The van der Waals surface area contributed by atoms with Crippen molar-refractivity contribution >= 4 is 11.6 Å². The average Bonchev–Trinajstić information content (AvgIpc) is 2.50. The summed E-state index contributed by atoms with van der Waals surface area (Å²) < 4.78 is 14.0. The van der Waals surface area contributed by atoms with Gasteiger partial charge in [0.15, 0.2) is 0 Å². The number of benzene rings is 1. The molecule has 0 radical (unpaired) electrons. The monoisotopic (exact) mass is 292 g/mol. The molecule has 1 aromatic rings. The normalized spacial score (nSPS) is 19.3. The highest BCUT2D eigenvalue weighted by Gasteiger charge is 2.40. The van der Waals surface area contributed by atoms with Crippen LogP contribution in [-0.2, 0) is 4.79 Å². The maximum atomic E-state index is 14.0. The molecule has 1 saturated heterocycles. The van der Waals surface area contributed by atoms with Gasteiger partial charge in [-0.25, -0.2) is 4.39 Å². The maximum absolute atomic E-state index is 14.0. The minimum Gasteiger partial charge on any atom is -0.316 e. The van der Waals surface area contributed by atoms with Crippen molar-refractivity contribution < 1.29 is 9.18 Å². The third kappa shape index (κ3) is 3.26. The van der Waals surface area contributed by atoms with E-state index in [0.29, 0.717) is 18.2 Å². The van der Waals surface area contributed by atoms with Crippen LogP contribution in [0.3, 0.4) is 0 Å². The molecule has 1 unspecified atom stereocenters. The van der Waals surface area contributed by atoms with E-state index in [2.05, 4.69) is 5.32 Å². The predicted molar refractivity (Wildman–Crippen MR) is 83.8 cm³/mol. The van der Waals surface area contributed by atoms with Gasteiger partial charge in [-0.05, 0) is 50.9 Å². The minimum absolute atomic E-state index is 0.00352. The zero-order valence-electron chi connectivity index (χ0n) is 13.2. The number of nitrogens with zero attached hydrogens (tertiary/aromatic N) is 1. The van der Waals surface area contributed by atoms with Crippen molar-refractivity contribution in [3.63, 3.8) is 0 Å². The van der Waals surface area contributed by atoms with Crippen LogP contribution in [-0.4, -0.2) is 25.5 Å². The first-order chi connectivity index (χ1) is 9.98. The van der Waals surface area contributed by atoms with Crippen LogP contribution in [0.4, 0.5) is 10.1 Å². The minimum atomic E-state index is -0.494. The molecule has 21 heavy (non-hydrogen) atoms. The van der Waals surface area contributed by atoms with E-state index in [9.17, 15) is 9.18 Å². The van der Waals surface area contributed by atoms with Crippen LogP contribution in [0.5, 0.6) is 0 Å². The van der Waals surface area contributed by atoms with Gasteiger partial charge in [-0.3, -0.25) is 4.79 Å². The van der Waals surface area contributed by atoms with E-state index in [1.807, 2.05) is 20.8 Å². The lowest BCUT2D eigenvalue weighted by Gasteiger charge is -2.39. The Morgan fingerprint density at radius 2 is 2.14 bits per heavy atom. The van der Waals surface area contributed by atoms with Crippen LogP contribution >= 0.6 is 0 Å². The lowest BCUT2D eigenvalue weighted by molar-refractivity contribution is -0.129. The Bertz CT molecular complexity index is 495. The zero-order valence-corrected chi connectivity index (χ0v) is 13.2. The number of para-hydroxylation sites is 1. The van der Waals surface area contributed by atoms with E-state index >= 15 is 0 Å². The lowest BCUT2D eigenvalue weighted by atomic mass is 9.74. The summed E-state index contributed by atoms with van der Waals surface area (Å²) >= 11 is 0. The van der Waals surface area contributed by atoms with E-state index in [-0.39, 0.29) is 11.7 Å². The standard InChI is InChI=1S/C17H25FN2O/c1-4-20(15-10-6-5-9-14(15)18)16(21)17(2,3)13-8-7-11-19-12-13/h5-6,9-10,13,19H,4,7-8,11-12H2,1-3H3. The van der Waals surface area contributed by atoms with Crippen molar-refractivity contribution in [2.24, 2.45) is 11.3 Å². The second-order valence-corrected chi connectivity index (χ2v) is 6.27. The van der Waals surface area contributed by atoms with Gasteiger partial charge in [0.2, 0.25) is 5.91 Å². The number of hydrogen-bond acceptors (Lipinski definition) is 2. The number of amides is 1. The van der Waals surface area contributed by atoms with Gasteiger partial charge < -0.3 is 10.2 Å². The van der Waals surface area contributed by atoms with E-state index in [0.717, 1.165) is 25.9 Å². The van der Waals surface area contributed by atoms with E-state index in [1.54, 1.807) is 23.1 Å². The van der Waals surface area contributed by atoms with Gasteiger partial charge in [-0.1, -0.05) is 26.0 Å². The fourth-order valence-corrected chi connectivity index (χ4v) is 3.08. The summed E-state index contributed by atoms with van der Waals surface area (Å²) in [6.45, 7) is 8.20. The summed E-state index contributed by atoms with van der Waals surface area (Å²) in [4.78, 5) is 14.6. The number of piperidine rings is 1. The molecule has 116 valence electrons. The van der Waals surface area contributed by atoms with Gasteiger partial charge in [0.1, 0.15) is 5.82 Å². The van der Waals surface area contributed by atoms with E-state index in [4.69, 9.17) is 0 Å². The first-order valence-electron chi connectivity index (χ1n) is 7.75. The molecule has 0 saturated carbocycles. The molecule has 0 bridgehead atoms. The fraction of sp³-hybridized carbons (Fsp3) is 0.588. The second-order valence-electron chi connectivity index (χ2n) is 6.27. The lowest BCUT2D eigenvalue weighted by Crippen LogP contribution is -2.49. The third-order valence-electron chi connectivity index (χ3n) is 4.57. The van der Waals surface area contributed by atoms with Gasteiger partial charge in [-0.15, -0.1) is 0 Å². The van der Waals surface area contributed by atoms with Crippen LogP contribution in [0.15, 0.2) is 24.3 Å². The molecule has 1 N–H and O–H groups in total. The van der Waals surface area contributed by atoms with Gasteiger partial charge in [0.25, 0.3) is 0 Å².